The van der Waals surface area contributed by atoms with E-state index in [1.165, 1.54) is 0 Å². The second kappa shape index (κ2) is 12.9. The third-order valence-corrected chi connectivity index (χ3v) is 8.24. The number of nitrogens with one attached hydrogen (secondary N) is 3. The largest absolute Gasteiger partial charge is 0.356 e. The van der Waals surface area contributed by atoms with Gasteiger partial charge in [0, 0.05) is 36.3 Å². The number of fused-ring (bicyclic) bond motifs is 2. The van der Waals surface area contributed by atoms with Gasteiger partial charge in [-0.1, -0.05) is 34.1 Å². The molecule has 3 rings (SSSR count). The molecule has 3 aliphatic heterocycles. The molecule has 3 saturated heterocycles. The topological polar surface area (TPSA) is 130 Å². The quantitative estimate of drug-likeness (QED) is 0.419. The lowest BCUT2D eigenvalue weighted by Gasteiger charge is -2.32. The van der Waals surface area contributed by atoms with Gasteiger partial charge in [-0.05, 0) is 44.4 Å². The van der Waals surface area contributed by atoms with Gasteiger partial charge in [0.1, 0.15) is 6.04 Å². The van der Waals surface area contributed by atoms with Crippen molar-refractivity contribution in [1.82, 2.24) is 16.0 Å². The number of hydrogen-bond acceptors (Lipinski definition) is 6. The van der Waals surface area contributed by atoms with E-state index in [-0.39, 0.29) is 59.5 Å². The molecule has 9 nitrogen and oxygen atoms in total. The Morgan fingerprint density at radius 1 is 1.19 bits per heavy atom. The molecule has 202 valence electrons. The van der Waals surface area contributed by atoms with E-state index in [9.17, 15) is 19.6 Å². The summed E-state index contributed by atoms with van der Waals surface area (Å²) in [5.41, 5.74) is 0. The van der Waals surface area contributed by atoms with Crippen LogP contribution in [0.1, 0.15) is 66.7 Å². The maximum Gasteiger partial charge on any atom is 0.242 e. The van der Waals surface area contributed by atoms with Crippen molar-refractivity contribution in [3.63, 3.8) is 0 Å². The van der Waals surface area contributed by atoms with Crippen LogP contribution in [0.5, 0.6) is 0 Å². The molecule has 0 saturated carbocycles. The Kier molecular flexibility index (Phi) is 10.1. The van der Waals surface area contributed by atoms with Crippen LogP contribution in [-0.2, 0) is 23.9 Å². The van der Waals surface area contributed by atoms with Gasteiger partial charge < -0.3 is 25.4 Å². The lowest BCUT2D eigenvalue weighted by molar-refractivity contribution is -0.146. The van der Waals surface area contributed by atoms with Crippen LogP contribution in [0.15, 0.2) is 0 Å². The van der Waals surface area contributed by atoms with Gasteiger partial charge in [-0.15, -0.1) is 0 Å². The number of piperidine rings is 1. The Morgan fingerprint density at radius 2 is 1.92 bits per heavy atom. The maximum atomic E-state index is 13.7. The van der Waals surface area contributed by atoms with Gasteiger partial charge in [0.25, 0.3) is 0 Å². The molecule has 3 amide bonds. The fourth-order valence-electron chi connectivity index (χ4n) is 5.89. The van der Waals surface area contributed by atoms with Crippen molar-refractivity contribution in [2.45, 2.75) is 85.1 Å². The minimum Gasteiger partial charge on any atom is -0.356 e. The molecule has 0 aliphatic carbocycles. The zero-order chi connectivity index (χ0) is 26.4. The Morgan fingerprint density at radius 3 is 2.56 bits per heavy atom. The number of carbonyl (C=O) groups excluding carboxylic acids is 3. The molecular formula is C27H44N4O5. The highest BCUT2D eigenvalue weighted by Gasteiger charge is 2.48. The Hall–Kier alpha value is -2.18. The second-order valence-electron chi connectivity index (χ2n) is 11.3. The van der Waals surface area contributed by atoms with Crippen LogP contribution in [0.4, 0.5) is 0 Å². The van der Waals surface area contributed by atoms with Crippen LogP contribution in [0.2, 0.25) is 0 Å². The zero-order valence-corrected chi connectivity index (χ0v) is 22.4. The lowest BCUT2D eigenvalue weighted by atomic mass is 9.76. The van der Waals surface area contributed by atoms with E-state index in [4.69, 9.17) is 9.47 Å². The van der Waals surface area contributed by atoms with Crippen molar-refractivity contribution in [3.05, 3.63) is 0 Å². The SMILES string of the molecule is CCC1CO[C@H]2OC[C@H](C2C)[C@H]1C(=O)N[C@@H](CC(C)C)C(=O)N[C@@H](C[C@@H]1CCCNC1=O)C(C)C#N. The van der Waals surface area contributed by atoms with Gasteiger partial charge in [-0.3, -0.25) is 14.4 Å². The van der Waals surface area contributed by atoms with Crippen molar-refractivity contribution in [2.75, 3.05) is 19.8 Å². The summed E-state index contributed by atoms with van der Waals surface area (Å²) in [6, 6.07) is 1.04. The van der Waals surface area contributed by atoms with Crippen LogP contribution in [0.3, 0.4) is 0 Å². The van der Waals surface area contributed by atoms with Crippen LogP contribution < -0.4 is 16.0 Å². The predicted molar refractivity (Wildman–Crippen MR) is 134 cm³/mol. The first-order valence-electron chi connectivity index (χ1n) is 13.7. The van der Waals surface area contributed by atoms with E-state index in [0.29, 0.717) is 32.6 Å². The summed E-state index contributed by atoms with van der Waals surface area (Å²) >= 11 is 0. The maximum absolute atomic E-state index is 13.7. The molecule has 9 heteroatoms. The van der Waals surface area contributed by atoms with E-state index < -0.39 is 18.0 Å². The van der Waals surface area contributed by atoms with E-state index in [1.54, 1.807) is 6.92 Å². The number of hydrogen-bond donors (Lipinski definition) is 3. The first-order chi connectivity index (χ1) is 17.2. The lowest BCUT2D eigenvalue weighted by Crippen LogP contribution is -2.54. The standard InChI is InChI=1S/C27H44N4O5/c1-6-18-13-35-27-17(5)20(14-36-27)23(18)26(34)31-22(10-15(2)3)25(33)30-21(16(4)12-28)11-19-8-7-9-29-24(19)32/h15-23,27H,6-11,13-14H2,1-5H3,(H,29,32)(H,30,33)(H,31,34)/t16?,17?,18?,19-,20+,21-,22-,23-,27-/m0/s1. The normalized spacial score (nSPS) is 32.5. The van der Waals surface area contributed by atoms with E-state index in [1.807, 2.05) is 13.8 Å². The van der Waals surface area contributed by atoms with Crippen molar-refractivity contribution in [1.29, 1.82) is 5.26 Å². The summed E-state index contributed by atoms with van der Waals surface area (Å²) in [5.74, 6) is -1.05. The molecule has 3 fully saturated rings. The Balaban J connectivity index is 1.74. The fraction of sp³-hybridized carbons (Fsp3) is 0.852. The third-order valence-electron chi connectivity index (χ3n) is 8.24. The monoisotopic (exact) mass is 504 g/mol. The van der Waals surface area contributed by atoms with Gasteiger partial charge >= 0.3 is 0 Å². The van der Waals surface area contributed by atoms with E-state index in [2.05, 4.69) is 35.9 Å². The molecular weight excluding hydrogens is 460 g/mol. The average molecular weight is 505 g/mol. The predicted octanol–water partition coefficient (Wildman–Crippen LogP) is 2.36. The highest BCUT2D eigenvalue weighted by Crippen LogP contribution is 2.41. The van der Waals surface area contributed by atoms with Crippen LogP contribution in [0, 0.1) is 52.8 Å². The number of ether oxygens (including phenoxy) is 2. The average Bonchev–Trinajstić information content (AvgIpc) is 3.12. The highest BCUT2D eigenvalue weighted by atomic mass is 16.7. The summed E-state index contributed by atoms with van der Waals surface area (Å²) in [6.07, 6.45) is 3.05. The first kappa shape index (κ1) is 28.4. The van der Waals surface area contributed by atoms with E-state index in [0.717, 1.165) is 19.3 Å². The molecule has 0 spiro atoms. The van der Waals surface area contributed by atoms with Crippen LogP contribution in [0.25, 0.3) is 0 Å². The van der Waals surface area contributed by atoms with Gasteiger partial charge in [0.05, 0.1) is 25.2 Å². The van der Waals surface area contributed by atoms with Crippen LogP contribution >= 0.6 is 0 Å². The molecule has 3 unspecified atom stereocenters. The van der Waals surface area contributed by atoms with Crippen LogP contribution in [-0.4, -0.2) is 55.9 Å². The molecule has 2 bridgehead atoms. The van der Waals surface area contributed by atoms with Crippen molar-refractivity contribution >= 4 is 17.7 Å². The Bertz CT molecular complexity index is 827. The molecule has 0 aromatic heterocycles. The Labute approximate surface area is 215 Å². The summed E-state index contributed by atoms with van der Waals surface area (Å²) in [4.78, 5) is 39.5. The van der Waals surface area contributed by atoms with Gasteiger partial charge in [-0.25, -0.2) is 0 Å². The van der Waals surface area contributed by atoms with Gasteiger partial charge in [0.2, 0.25) is 17.7 Å². The first-order valence-corrected chi connectivity index (χ1v) is 13.7. The molecule has 3 aliphatic rings. The van der Waals surface area contributed by atoms with Gasteiger partial charge in [0.15, 0.2) is 6.29 Å². The zero-order valence-electron chi connectivity index (χ0n) is 22.4. The summed E-state index contributed by atoms with van der Waals surface area (Å²) in [5, 5.41) is 18.6. The third kappa shape index (κ3) is 6.77. The fourth-order valence-corrected chi connectivity index (χ4v) is 5.89. The molecule has 3 heterocycles. The second-order valence-corrected chi connectivity index (χ2v) is 11.3. The smallest absolute Gasteiger partial charge is 0.242 e. The molecule has 3 N–H and O–H groups in total. The summed E-state index contributed by atoms with van der Waals surface area (Å²) < 4.78 is 11.7. The summed E-state index contributed by atoms with van der Waals surface area (Å²) in [6.45, 7) is 11.5. The summed E-state index contributed by atoms with van der Waals surface area (Å²) in [7, 11) is 0. The molecule has 9 atom stereocenters. The number of rotatable bonds is 10. The number of nitrogens with zero attached hydrogens (tertiary/aromatic N) is 1. The molecule has 36 heavy (non-hydrogen) atoms. The molecule has 0 aromatic rings. The van der Waals surface area contributed by atoms with Crippen molar-refractivity contribution in [2.24, 2.45) is 41.4 Å². The number of carbonyl (C=O) groups is 3. The van der Waals surface area contributed by atoms with E-state index >= 15 is 0 Å². The minimum absolute atomic E-state index is 0.0231. The van der Waals surface area contributed by atoms with Gasteiger partial charge in [-0.2, -0.15) is 5.26 Å². The minimum atomic E-state index is -0.721. The highest BCUT2D eigenvalue weighted by molar-refractivity contribution is 5.89. The number of amides is 3. The molecule has 0 radical (unpaired) electrons. The molecule has 0 aromatic carbocycles. The van der Waals surface area contributed by atoms with Crippen molar-refractivity contribution < 1.29 is 23.9 Å². The van der Waals surface area contributed by atoms with Crippen molar-refractivity contribution in [3.8, 4) is 6.07 Å². The number of nitriles is 1.